The Morgan fingerprint density at radius 3 is 2.56 bits per heavy atom. The maximum absolute atomic E-state index is 13.5. The van der Waals surface area contributed by atoms with Gasteiger partial charge in [-0.1, -0.05) is 36.1 Å². The third kappa shape index (κ3) is 5.81. The number of hydrogen-bond acceptors (Lipinski definition) is 10. The summed E-state index contributed by atoms with van der Waals surface area (Å²) in [6.07, 6.45) is 0. The molecule has 3 rings (SSSR count). The second-order valence-electron chi connectivity index (χ2n) is 6.77. The molecule has 1 heterocycles. The minimum atomic E-state index is -4.35. The molecule has 0 spiro atoms. The number of benzene rings is 2. The van der Waals surface area contributed by atoms with Crippen LogP contribution >= 0.6 is 23.1 Å². The Kier molecular flexibility index (Phi) is 8.06. The maximum Gasteiger partial charge on any atom is 0.273 e. The molecule has 1 aromatic heterocycles. The minimum Gasteiger partial charge on any atom is -0.497 e. The van der Waals surface area contributed by atoms with Crippen molar-refractivity contribution in [2.75, 3.05) is 29.0 Å². The zero-order chi connectivity index (χ0) is 24.9. The Hall–Kier alpha value is -3.23. The van der Waals surface area contributed by atoms with Gasteiger partial charge in [0.2, 0.25) is 11.0 Å². The van der Waals surface area contributed by atoms with Crippen molar-refractivity contribution in [1.29, 1.82) is 0 Å². The van der Waals surface area contributed by atoms with Crippen molar-refractivity contribution < 1.29 is 22.9 Å². The molecule has 11 nitrogen and oxygen atoms in total. The summed E-state index contributed by atoms with van der Waals surface area (Å²) in [5.41, 5.74) is 0.156. The summed E-state index contributed by atoms with van der Waals surface area (Å²) in [6.45, 7) is 2.87. The summed E-state index contributed by atoms with van der Waals surface area (Å²) in [5, 5.41) is 22.0. The summed E-state index contributed by atoms with van der Waals surface area (Å²) in [7, 11) is -2.88. The van der Waals surface area contributed by atoms with E-state index in [-0.39, 0.29) is 21.4 Å². The van der Waals surface area contributed by atoms with Crippen LogP contribution in [-0.2, 0) is 14.8 Å². The first-order chi connectivity index (χ1) is 16.1. The van der Waals surface area contributed by atoms with Crippen LogP contribution in [0.1, 0.15) is 12.5 Å². The number of nitro groups is 1. The van der Waals surface area contributed by atoms with Gasteiger partial charge in [0.05, 0.1) is 22.6 Å². The number of ether oxygens (including phenoxy) is 1. The number of carbonyl (C=O) groups excluding carboxylic acids is 1. The Morgan fingerprint density at radius 2 is 1.94 bits per heavy atom. The largest absolute Gasteiger partial charge is 0.497 e. The summed E-state index contributed by atoms with van der Waals surface area (Å²) in [5.74, 6) is 0.630. The molecule has 0 unspecified atom stereocenters. The van der Waals surface area contributed by atoms with Gasteiger partial charge in [-0.3, -0.25) is 24.5 Å². The van der Waals surface area contributed by atoms with Crippen molar-refractivity contribution >= 4 is 55.5 Å². The first-order valence-electron chi connectivity index (χ1n) is 9.83. The number of sulfonamides is 1. The zero-order valence-electron chi connectivity index (χ0n) is 18.4. The second-order valence-corrected chi connectivity index (χ2v) is 11.1. The number of anilines is 2. The van der Waals surface area contributed by atoms with Gasteiger partial charge in [0.15, 0.2) is 4.34 Å². The average Bonchev–Trinajstić information content (AvgIpc) is 3.24. The van der Waals surface area contributed by atoms with Crippen molar-refractivity contribution in [3.63, 3.8) is 0 Å². The molecule has 3 aromatic rings. The molecule has 1 amide bonds. The molecule has 0 aliphatic heterocycles. The van der Waals surface area contributed by atoms with Crippen LogP contribution in [0, 0.1) is 17.0 Å². The second kappa shape index (κ2) is 10.8. The SMILES string of the molecule is CCSc1nnc(NC(=O)CN(c2ccc(OC)cc2)S(=O)(=O)c2ccc(C)c([N+](=O)[O-])c2)s1. The summed E-state index contributed by atoms with van der Waals surface area (Å²) in [6, 6.07) is 9.66. The molecule has 0 saturated carbocycles. The minimum absolute atomic E-state index is 0.179. The van der Waals surface area contributed by atoms with Crippen LogP contribution < -0.4 is 14.4 Å². The van der Waals surface area contributed by atoms with Crippen LogP contribution in [0.3, 0.4) is 0 Å². The third-order valence-corrected chi connectivity index (χ3v) is 8.16. The number of methoxy groups -OCH3 is 1. The lowest BCUT2D eigenvalue weighted by Gasteiger charge is -2.24. The van der Waals surface area contributed by atoms with Crippen LogP contribution in [0.5, 0.6) is 5.75 Å². The number of hydrogen-bond donors (Lipinski definition) is 1. The van der Waals surface area contributed by atoms with Gasteiger partial charge in [-0.2, -0.15) is 0 Å². The van der Waals surface area contributed by atoms with Gasteiger partial charge in [0, 0.05) is 11.6 Å². The third-order valence-electron chi connectivity index (χ3n) is 4.53. The van der Waals surface area contributed by atoms with Crippen molar-refractivity contribution in [3.8, 4) is 5.75 Å². The Balaban J connectivity index is 1.96. The number of nitrogens with one attached hydrogen (secondary N) is 1. The van der Waals surface area contributed by atoms with E-state index in [1.54, 1.807) is 12.1 Å². The van der Waals surface area contributed by atoms with Crippen LogP contribution in [0.2, 0.25) is 0 Å². The number of nitro benzene ring substituents is 1. The lowest BCUT2D eigenvalue weighted by Crippen LogP contribution is -2.38. The molecule has 0 aliphatic carbocycles. The van der Waals surface area contributed by atoms with Crippen molar-refractivity contribution in [1.82, 2.24) is 10.2 Å². The normalized spacial score (nSPS) is 11.1. The molecule has 180 valence electrons. The monoisotopic (exact) mass is 523 g/mol. The standard InChI is InChI=1S/C20H21N5O6S3/c1-4-32-20-23-22-19(33-20)21-18(26)12-24(14-6-8-15(31-3)9-7-14)34(29,30)16-10-5-13(2)17(11-16)25(27)28/h5-11H,4,12H2,1-3H3,(H,21,22,26). The van der Waals surface area contributed by atoms with E-state index < -0.39 is 27.4 Å². The fourth-order valence-electron chi connectivity index (χ4n) is 2.87. The molecule has 14 heteroatoms. The van der Waals surface area contributed by atoms with Gasteiger partial charge < -0.3 is 4.74 Å². The summed E-state index contributed by atoms with van der Waals surface area (Å²) >= 11 is 2.64. The van der Waals surface area contributed by atoms with E-state index in [0.717, 1.165) is 16.1 Å². The van der Waals surface area contributed by atoms with Crippen molar-refractivity contribution in [2.24, 2.45) is 0 Å². The molecule has 0 atom stereocenters. The van der Waals surface area contributed by atoms with Gasteiger partial charge in [-0.05, 0) is 43.0 Å². The highest BCUT2D eigenvalue weighted by Crippen LogP contribution is 2.29. The smallest absolute Gasteiger partial charge is 0.273 e. The predicted octanol–water partition coefficient (Wildman–Crippen LogP) is 3.71. The van der Waals surface area contributed by atoms with Crippen LogP contribution in [0.25, 0.3) is 0 Å². The number of aromatic nitrogens is 2. The first kappa shape index (κ1) is 25.4. The molecular weight excluding hydrogens is 502 g/mol. The fourth-order valence-corrected chi connectivity index (χ4v) is 5.98. The van der Waals surface area contributed by atoms with Crippen LogP contribution in [0.4, 0.5) is 16.5 Å². The number of nitrogens with zero attached hydrogens (tertiary/aromatic N) is 4. The highest BCUT2D eigenvalue weighted by atomic mass is 32.2. The maximum atomic E-state index is 13.5. The van der Waals surface area contributed by atoms with E-state index in [2.05, 4.69) is 15.5 Å². The summed E-state index contributed by atoms with van der Waals surface area (Å²) < 4.78 is 33.7. The predicted molar refractivity (Wildman–Crippen MR) is 130 cm³/mol. The topological polar surface area (TPSA) is 145 Å². The molecule has 34 heavy (non-hydrogen) atoms. The Morgan fingerprint density at radius 1 is 1.24 bits per heavy atom. The molecular formula is C20H21N5O6S3. The molecule has 1 N–H and O–H groups in total. The van der Waals surface area contributed by atoms with Gasteiger partial charge in [-0.25, -0.2) is 8.42 Å². The first-order valence-corrected chi connectivity index (χ1v) is 13.1. The van der Waals surface area contributed by atoms with Crippen LogP contribution in [-0.4, -0.2) is 48.9 Å². The van der Waals surface area contributed by atoms with E-state index in [0.29, 0.717) is 15.7 Å². The van der Waals surface area contributed by atoms with Gasteiger partial charge in [0.1, 0.15) is 12.3 Å². The van der Waals surface area contributed by atoms with E-state index in [4.69, 9.17) is 4.74 Å². The molecule has 0 bridgehead atoms. The molecule has 0 radical (unpaired) electrons. The van der Waals surface area contributed by atoms with Gasteiger partial charge in [0.25, 0.3) is 15.7 Å². The molecule has 0 aliphatic rings. The van der Waals surface area contributed by atoms with Crippen LogP contribution in [0.15, 0.2) is 51.7 Å². The molecule has 2 aromatic carbocycles. The van der Waals surface area contributed by atoms with Crippen molar-refractivity contribution in [3.05, 3.63) is 58.1 Å². The molecule has 0 fully saturated rings. The van der Waals surface area contributed by atoms with E-state index >= 15 is 0 Å². The lowest BCUT2D eigenvalue weighted by atomic mass is 10.2. The van der Waals surface area contributed by atoms with E-state index in [9.17, 15) is 23.3 Å². The number of carbonyl (C=O) groups is 1. The fraction of sp³-hybridized carbons (Fsp3) is 0.250. The Labute approximate surface area is 204 Å². The average molecular weight is 524 g/mol. The van der Waals surface area contributed by atoms with Gasteiger partial charge in [-0.15, -0.1) is 10.2 Å². The molecule has 0 saturated heterocycles. The number of aryl methyl sites for hydroxylation is 1. The summed E-state index contributed by atoms with van der Waals surface area (Å²) in [4.78, 5) is 23.2. The number of amides is 1. The van der Waals surface area contributed by atoms with Crippen molar-refractivity contribution in [2.45, 2.75) is 23.1 Å². The van der Waals surface area contributed by atoms with E-state index in [1.807, 2.05) is 6.92 Å². The van der Waals surface area contributed by atoms with E-state index in [1.165, 1.54) is 61.4 Å². The highest BCUT2D eigenvalue weighted by molar-refractivity contribution is 8.01. The Bertz CT molecular complexity index is 1290. The lowest BCUT2D eigenvalue weighted by molar-refractivity contribution is -0.385. The zero-order valence-corrected chi connectivity index (χ0v) is 20.9. The number of thioether (sulfide) groups is 1. The van der Waals surface area contributed by atoms with Gasteiger partial charge >= 0.3 is 0 Å². The number of rotatable bonds is 10. The highest BCUT2D eigenvalue weighted by Gasteiger charge is 2.29. The quantitative estimate of drug-likeness (QED) is 0.182.